The molecule has 0 bridgehead atoms. The lowest BCUT2D eigenvalue weighted by molar-refractivity contribution is 0.0315. The molecule has 0 unspecified atom stereocenters. The van der Waals surface area contributed by atoms with Crippen molar-refractivity contribution in [3.63, 3.8) is 0 Å². The van der Waals surface area contributed by atoms with Crippen LogP contribution in [-0.2, 0) is 16.1 Å². The molecule has 5 nitrogen and oxygen atoms in total. The second-order valence-corrected chi connectivity index (χ2v) is 5.22. The predicted molar refractivity (Wildman–Crippen MR) is 79.3 cm³/mol. The lowest BCUT2D eigenvalue weighted by Crippen LogP contribution is -2.13. The van der Waals surface area contributed by atoms with Crippen LogP contribution in [0.3, 0.4) is 0 Å². The third-order valence-electron chi connectivity index (χ3n) is 2.54. The average Bonchev–Trinajstić information content (AvgIpc) is 2.42. The summed E-state index contributed by atoms with van der Waals surface area (Å²) >= 11 is 6.11. The Morgan fingerprint density at radius 3 is 2.65 bits per heavy atom. The first-order valence-corrected chi connectivity index (χ1v) is 6.84. The van der Waals surface area contributed by atoms with Gasteiger partial charge >= 0.3 is 0 Å². The zero-order chi connectivity index (χ0) is 15.0. The van der Waals surface area contributed by atoms with E-state index in [1.165, 1.54) is 0 Å². The molecule has 0 saturated carbocycles. The van der Waals surface area contributed by atoms with Crippen LogP contribution < -0.4 is 5.73 Å². The largest absolute Gasteiger partial charge is 0.409 e. The van der Waals surface area contributed by atoms with E-state index in [0.717, 1.165) is 12.2 Å². The standard InChI is InChI=1S/C14H21ClN2O3/c1-10(2)8-19-5-6-20-9-12-4-3-11(7-13(12)15)14(16)17-18/h3-4,7,10,18H,5-6,8-9H2,1-2H3,(H2,16,17). The normalized spacial score (nSPS) is 12.1. The van der Waals surface area contributed by atoms with Crippen LogP contribution in [0.4, 0.5) is 0 Å². The molecular formula is C14H21ClN2O3. The minimum Gasteiger partial charge on any atom is -0.409 e. The monoisotopic (exact) mass is 300 g/mol. The van der Waals surface area contributed by atoms with E-state index in [9.17, 15) is 0 Å². The molecule has 0 amide bonds. The van der Waals surface area contributed by atoms with Gasteiger partial charge in [-0.1, -0.05) is 42.7 Å². The highest BCUT2D eigenvalue weighted by molar-refractivity contribution is 6.31. The molecular weight excluding hydrogens is 280 g/mol. The quantitative estimate of drug-likeness (QED) is 0.254. The summed E-state index contributed by atoms with van der Waals surface area (Å²) in [6.07, 6.45) is 0. The van der Waals surface area contributed by atoms with E-state index in [4.69, 9.17) is 32.0 Å². The van der Waals surface area contributed by atoms with Crippen molar-refractivity contribution >= 4 is 17.4 Å². The van der Waals surface area contributed by atoms with Crippen molar-refractivity contribution in [3.05, 3.63) is 34.3 Å². The molecule has 0 radical (unpaired) electrons. The van der Waals surface area contributed by atoms with Crippen LogP contribution in [0, 0.1) is 5.92 Å². The fraction of sp³-hybridized carbons (Fsp3) is 0.500. The van der Waals surface area contributed by atoms with Crippen molar-refractivity contribution in [3.8, 4) is 0 Å². The predicted octanol–water partition coefficient (Wildman–Crippen LogP) is 2.62. The highest BCUT2D eigenvalue weighted by atomic mass is 35.5. The van der Waals surface area contributed by atoms with Gasteiger partial charge in [0.1, 0.15) is 0 Å². The van der Waals surface area contributed by atoms with Gasteiger partial charge in [-0.2, -0.15) is 0 Å². The maximum atomic E-state index is 8.59. The second kappa shape index (κ2) is 8.79. The summed E-state index contributed by atoms with van der Waals surface area (Å²) in [5.41, 5.74) is 6.91. The Hall–Kier alpha value is -1.30. The van der Waals surface area contributed by atoms with Crippen molar-refractivity contribution in [2.24, 2.45) is 16.8 Å². The smallest absolute Gasteiger partial charge is 0.170 e. The van der Waals surface area contributed by atoms with Gasteiger partial charge < -0.3 is 20.4 Å². The van der Waals surface area contributed by atoms with E-state index in [1.807, 2.05) is 0 Å². The summed E-state index contributed by atoms with van der Waals surface area (Å²) in [6, 6.07) is 5.17. The summed E-state index contributed by atoms with van der Waals surface area (Å²) in [5.74, 6) is 0.553. The van der Waals surface area contributed by atoms with Crippen LogP contribution in [0.15, 0.2) is 23.4 Å². The maximum Gasteiger partial charge on any atom is 0.170 e. The van der Waals surface area contributed by atoms with E-state index < -0.39 is 0 Å². The van der Waals surface area contributed by atoms with Gasteiger partial charge in [0.2, 0.25) is 0 Å². The summed E-state index contributed by atoms with van der Waals surface area (Å²) in [4.78, 5) is 0. The van der Waals surface area contributed by atoms with Crippen molar-refractivity contribution in [1.82, 2.24) is 0 Å². The Morgan fingerprint density at radius 2 is 2.05 bits per heavy atom. The first-order chi connectivity index (χ1) is 9.54. The first kappa shape index (κ1) is 16.8. The van der Waals surface area contributed by atoms with Gasteiger partial charge in [0.05, 0.1) is 19.8 Å². The third-order valence-corrected chi connectivity index (χ3v) is 2.89. The van der Waals surface area contributed by atoms with Crippen LogP contribution in [-0.4, -0.2) is 30.9 Å². The lowest BCUT2D eigenvalue weighted by atomic mass is 10.1. The molecule has 0 fully saturated rings. The Bertz CT molecular complexity index is 450. The van der Waals surface area contributed by atoms with Gasteiger partial charge in [0.15, 0.2) is 5.84 Å². The zero-order valence-corrected chi connectivity index (χ0v) is 12.6. The van der Waals surface area contributed by atoms with E-state index in [0.29, 0.717) is 36.3 Å². The van der Waals surface area contributed by atoms with Crippen LogP contribution in [0.2, 0.25) is 5.02 Å². The molecule has 0 aliphatic heterocycles. The minimum absolute atomic E-state index is 0.0291. The second-order valence-electron chi connectivity index (χ2n) is 4.81. The summed E-state index contributed by atoms with van der Waals surface area (Å²) < 4.78 is 10.9. The SMILES string of the molecule is CC(C)COCCOCc1ccc(/C(N)=N/O)cc1Cl. The van der Waals surface area contributed by atoms with E-state index in [2.05, 4.69) is 19.0 Å². The van der Waals surface area contributed by atoms with Gasteiger partial charge in [-0.25, -0.2) is 0 Å². The fourth-order valence-electron chi connectivity index (χ4n) is 1.50. The number of oxime groups is 1. The van der Waals surface area contributed by atoms with Gasteiger partial charge in [-0.05, 0) is 17.5 Å². The van der Waals surface area contributed by atoms with Crippen LogP contribution in [0.25, 0.3) is 0 Å². The fourth-order valence-corrected chi connectivity index (χ4v) is 1.74. The van der Waals surface area contributed by atoms with Crippen LogP contribution in [0.5, 0.6) is 0 Å². The van der Waals surface area contributed by atoms with Gasteiger partial charge in [-0.15, -0.1) is 0 Å². The molecule has 1 aromatic rings. The Kier molecular flexibility index (Phi) is 7.36. The van der Waals surface area contributed by atoms with Crippen molar-refractivity contribution in [1.29, 1.82) is 0 Å². The van der Waals surface area contributed by atoms with Gasteiger partial charge in [0, 0.05) is 17.2 Å². The third kappa shape index (κ3) is 5.77. The first-order valence-electron chi connectivity index (χ1n) is 6.46. The van der Waals surface area contributed by atoms with E-state index in [-0.39, 0.29) is 5.84 Å². The molecule has 0 aromatic heterocycles. The molecule has 1 rings (SSSR count). The molecule has 0 saturated heterocycles. The summed E-state index contributed by atoms with van der Waals surface area (Å²) in [7, 11) is 0. The van der Waals surface area contributed by atoms with Crippen LogP contribution >= 0.6 is 11.6 Å². The Balaban J connectivity index is 2.38. The molecule has 1 aromatic carbocycles. The van der Waals surface area contributed by atoms with Crippen LogP contribution in [0.1, 0.15) is 25.0 Å². The molecule has 3 N–H and O–H groups in total. The molecule has 0 spiro atoms. The van der Waals surface area contributed by atoms with Gasteiger partial charge in [-0.3, -0.25) is 0 Å². The number of halogens is 1. The molecule has 20 heavy (non-hydrogen) atoms. The number of rotatable bonds is 8. The highest BCUT2D eigenvalue weighted by Gasteiger charge is 2.05. The highest BCUT2D eigenvalue weighted by Crippen LogP contribution is 2.18. The number of hydrogen-bond donors (Lipinski definition) is 2. The number of nitrogens with zero attached hydrogens (tertiary/aromatic N) is 1. The van der Waals surface area contributed by atoms with Crippen molar-refractivity contribution < 1.29 is 14.7 Å². The summed E-state index contributed by atoms with van der Waals surface area (Å²) in [5, 5.41) is 12.0. The van der Waals surface area contributed by atoms with Crippen molar-refractivity contribution in [2.45, 2.75) is 20.5 Å². The number of benzene rings is 1. The average molecular weight is 301 g/mol. The number of nitrogens with two attached hydrogens (primary N) is 1. The Labute approximate surface area is 124 Å². The number of ether oxygens (including phenoxy) is 2. The van der Waals surface area contributed by atoms with E-state index >= 15 is 0 Å². The van der Waals surface area contributed by atoms with Crippen molar-refractivity contribution in [2.75, 3.05) is 19.8 Å². The summed E-state index contributed by atoms with van der Waals surface area (Å²) in [6.45, 7) is 6.43. The number of amidine groups is 1. The molecule has 112 valence electrons. The minimum atomic E-state index is 0.0291. The lowest BCUT2D eigenvalue weighted by Gasteiger charge is -2.09. The molecule has 6 heteroatoms. The topological polar surface area (TPSA) is 77.1 Å². The Morgan fingerprint density at radius 1 is 1.35 bits per heavy atom. The number of hydrogen-bond acceptors (Lipinski definition) is 4. The van der Waals surface area contributed by atoms with E-state index in [1.54, 1.807) is 18.2 Å². The van der Waals surface area contributed by atoms with Gasteiger partial charge in [0.25, 0.3) is 0 Å². The molecule has 0 atom stereocenters. The molecule has 0 aliphatic carbocycles. The molecule has 0 heterocycles. The maximum absolute atomic E-state index is 8.59. The zero-order valence-electron chi connectivity index (χ0n) is 11.8. The molecule has 0 aliphatic rings.